The minimum Gasteiger partial charge on any atom is -0.480 e. The second-order valence-electron chi connectivity index (χ2n) is 3.72. The molecule has 0 fully saturated rings. The maximum absolute atomic E-state index is 10.8. The predicted octanol–water partition coefficient (Wildman–Crippen LogP) is -1.10. The number of rotatable bonds is 8. The maximum Gasteiger partial charge on any atom is 0.327 e. The molecule has 8 nitrogen and oxygen atoms in total. The SMILES string of the molecule is CC(=O)NC(CSCC(NC(C)=O)C(=O)O)C(=O)O. The summed E-state index contributed by atoms with van der Waals surface area (Å²) in [4.78, 5) is 43.2. The van der Waals surface area contributed by atoms with Gasteiger partial charge in [0.1, 0.15) is 12.1 Å². The molecule has 0 saturated heterocycles. The van der Waals surface area contributed by atoms with Crippen molar-refractivity contribution in [3.05, 3.63) is 0 Å². The number of aliphatic carboxylic acids is 2. The number of hydrogen-bond donors (Lipinski definition) is 4. The Morgan fingerprint density at radius 2 is 1.21 bits per heavy atom. The molecular weight excluding hydrogens is 276 g/mol. The van der Waals surface area contributed by atoms with Crippen LogP contribution in [0.5, 0.6) is 0 Å². The van der Waals surface area contributed by atoms with Gasteiger partial charge in [0.05, 0.1) is 0 Å². The number of carboxylic acids is 2. The van der Waals surface area contributed by atoms with Crippen LogP contribution in [0, 0.1) is 0 Å². The Balaban J connectivity index is 4.28. The molecule has 2 atom stereocenters. The first-order valence-corrected chi connectivity index (χ1v) is 6.47. The number of nitrogens with one attached hydrogen (secondary N) is 2. The smallest absolute Gasteiger partial charge is 0.327 e. The molecule has 2 amide bonds. The largest absolute Gasteiger partial charge is 0.480 e. The summed E-state index contributed by atoms with van der Waals surface area (Å²) in [5, 5.41) is 22.1. The van der Waals surface area contributed by atoms with Crippen molar-refractivity contribution in [2.45, 2.75) is 25.9 Å². The lowest BCUT2D eigenvalue weighted by atomic mass is 10.3. The van der Waals surface area contributed by atoms with Crippen molar-refractivity contribution in [2.75, 3.05) is 11.5 Å². The molecule has 0 aromatic heterocycles. The number of carboxylic acid groups (broad SMARTS) is 2. The Morgan fingerprint density at radius 1 is 0.895 bits per heavy atom. The van der Waals surface area contributed by atoms with Crippen LogP contribution in [0.25, 0.3) is 0 Å². The topological polar surface area (TPSA) is 133 Å². The summed E-state index contributed by atoms with van der Waals surface area (Å²) >= 11 is 1.02. The van der Waals surface area contributed by atoms with Gasteiger partial charge < -0.3 is 20.8 Å². The van der Waals surface area contributed by atoms with E-state index < -0.39 is 35.8 Å². The lowest BCUT2D eigenvalue weighted by Crippen LogP contribution is -2.44. The average Bonchev–Trinajstić information content (AvgIpc) is 2.24. The zero-order chi connectivity index (χ0) is 15.0. The van der Waals surface area contributed by atoms with Crippen molar-refractivity contribution >= 4 is 35.5 Å². The molecule has 0 aliphatic rings. The van der Waals surface area contributed by atoms with Crippen LogP contribution in [0.1, 0.15) is 13.8 Å². The van der Waals surface area contributed by atoms with Gasteiger partial charge in [-0.3, -0.25) is 9.59 Å². The normalized spacial score (nSPS) is 13.2. The first-order valence-electron chi connectivity index (χ1n) is 5.31. The summed E-state index contributed by atoms with van der Waals surface area (Å²) in [5.41, 5.74) is 0. The zero-order valence-corrected chi connectivity index (χ0v) is 11.3. The summed E-state index contributed by atoms with van der Waals surface area (Å²) in [6.45, 7) is 2.38. The van der Waals surface area contributed by atoms with Crippen molar-refractivity contribution in [1.29, 1.82) is 0 Å². The van der Waals surface area contributed by atoms with E-state index in [1.165, 1.54) is 13.8 Å². The molecule has 0 aliphatic heterocycles. The second-order valence-corrected chi connectivity index (χ2v) is 4.80. The third kappa shape index (κ3) is 8.03. The number of carbonyl (C=O) groups is 4. The Morgan fingerprint density at radius 3 is 1.42 bits per heavy atom. The molecule has 0 radical (unpaired) electrons. The summed E-state index contributed by atoms with van der Waals surface area (Å²) < 4.78 is 0. The van der Waals surface area contributed by atoms with Crippen molar-refractivity contribution in [2.24, 2.45) is 0 Å². The number of hydrogen-bond acceptors (Lipinski definition) is 5. The Kier molecular flexibility index (Phi) is 7.57. The Bertz CT molecular complexity index is 339. The van der Waals surface area contributed by atoms with Crippen molar-refractivity contribution in [3.63, 3.8) is 0 Å². The van der Waals surface area contributed by atoms with Gasteiger partial charge in [0.2, 0.25) is 11.8 Å². The highest BCUT2D eigenvalue weighted by Crippen LogP contribution is 2.06. The first-order chi connectivity index (χ1) is 8.73. The van der Waals surface area contributed by atoms with Gasteiger partial charge in [-0.05, 0) is 0 Å². The van der Waals surface area contributed by atoms with E-state index in [1.54, 1.807) is 0 Å². The lowest BCUT2D eigenvalue weighted by molar-refractivity contribution is -0.141. The molecule has 4 N–H and O–H groups in total. The van der Waals surface area contributed by atoms with Crippen molar-refractivity contribution in [1.82, 2.24) is 10.6 Å². The first kappa shape index (κ1) is 17.2. The standard InChI is InChI=1S/C10H16N2O6S/c1-5(13)11-7(9(15)16)3-19-4-8(10(17)18)12-6(2)14/h7-8H,3-4H2,1-2H3,(H,11,13)(H,12,14)(H,15,16)(H,17,18). The lowest BCUT2D eigenvalue weighted by Gasteiger charge is -2.15. The van der Waals surface area contributed by atoms with Gasteiger partial charge in [0.25, 0.3) is 0 Å². The van der Waals surface area contributed by atoms with Gasteiger partial charge in [-0.2, -0.15) is 11.8 Å². The number of amides is 2. The third-order valence-corrected chi connectivity index (χ3v) is 3.06. The molecule has 19 heavy (non-hydrogen) atoms. The monoisotopic (exact) mass is 292 g/mol. The van der Waals surface area contributed by atoms with E-state index in [4.69, 9.17) is 10.2 Å². The van der Waals surface area contributed by atoms with Gasteiger partial charge in [-0.1, -0.05) is 0 Å². The van der Waals surface area contributed by atoms with Gasteiger partial charge in [0, 0.05) is 25.4 Å². The Labute approximate surface area is 113 Å². The average molecular weight is 292 g/mol. The molecule has 2 unspecified atom stereocenters. The summed E-state index contributed by atoms with van der Waals surface area (Å²) in [7, 11) is 0. The molecule has 9 heteroatoms. The second kappa shape index (κ2) is 8.35. The molecule has 0 aromatic rings. The van der Waals surface area contributed by atoms with E-state index in [1.807, 2.05) is 0 Å². The predicted molar refractivity (Wildman–Crippen MR) is 67.8 cm³/mol. The fourth-order valence-electron chi connectivity index (χ4n) is 1.14. The van der Waals surface area contributed by atoms with Crippen LogP contribution in [0.15, 0.2) is 0 Å². The molecule has 0 bridgehead atoms. The van der Waals surface area contributed by atoms with Gasteiger partial charge >= 0.3 is 11.9 Å². The molecule has 0 heterocycles. The fourth-order valence-corrected chi connectivity index (χ4v) is 2.20. The third-order valence-electron chi connectivity index (χ3n) is 1.92. The molecule has 108 valence electrons. The van der Waals surface area contributed by atoms with Gasteiger partial charge in [-0.25, -0.2) is 9.59 Å². The van der Waals surface area contributed by atoms with E-state index in [9.17, 15) is 19.2 Å². The molecular formula is C10H16N2O6S. The van der Waals surface area contributed by atoms with Crippen LogP contribution in [0.2, 0.25) is 0 Å². The molecule has 0 spiro atoms. The van der Waals surface area contributed by atoms with E-state index in [0.717, 1.165) is 11.8 Å². The van der Waals surface area contributed by atoms with Gasteiger partial charge in [-0.15, -0.1) is 0 Å². The van der Waals surface area contributed by atoms with Gasteiger partial charge in [0.15, 0.2) is 0 Å². The zero-order valence-electron chi connectivity index (χ0n) is 10.5. The fraction of sp³-hybridized carbons (Fsp3) is 0.600. The highest BCUT2D eigenvalue weighted by atomic mass is 32.2. The highest BCUT2D eigenvalue weighted by molar-refractivity contribution is 7.99. The quantitative estimate of drug-likeness (QED) is 0.446. The molecule has 0 aliphatic carbocycles. The number of carbonyl (C=O) groups excluding carboxylic acids is 2. The minimum absolute atomic E-state index is 0.0122. The molecule has 0 rings (SSSR count). The number of thioether (sulfide) groups is 1. The van der Waals surface area contributed by atoms with Crippen LogP contribution in [-0.4, -0.2) is 57.6 Å². The minimum atomic E-state index is -1.20. The molecule has 0 saturated carbocycles. The molecule has 0 aromatic carbocycles. The van der Waals surface area contributed by atoms with Crippen molar-refractivity contribution < 1.29 is 29.4 Å². The summed E-state index contributed by atoms with van der Waals surface area (Å²) in [6.07, 6.45) is 0. The Hall–Kier alpha value is -1.77. The van der Waals surface area contributed by atoms with Crippen LogP contribution < -0.4 is 10.6 Å². The van der Waals surface area contributed by atoms with Crippen LogP contribution >= 0.6 is 11.8 Å². The van der Waals surface area contributed by atoms with E-state index >= 15 is 0 Å². The summed E-state index contributed by atoms with van der Waals surface area (Å²) in [5.74, 6) is -3.34. The summed E-state index contributed by atoms with van der Waals surface area (Å²) in [6, 6.07) is -2.18. The van der Waals surface area contributed by atoms with Crippen LogP contribution in [0.4, 0.5) is 0 Å². The van der Waals surface area contributed by atoms with E-state index in [2.05, 4.69) is 10.6 Å². The maximum atomic E-state index is 10.8. The van der Waals surface area contributed by atoms with Crippen molar-refractivity contribution in [3.8, 4) is 0 Å². The van der Waals surface area contributed by atoms with E-state index in [0.29, 0.717) is 0 Å². The van der Waals surface area contributed by atoms with E-state index in [-0.39, 0.29) is 11.5 Å². The highest BCUT2D eigenvalue weighted by Gasteiger charge is 2.22. The van der Waals surface area contributed by atoms with Crippen LogP contribution in [0.3, 0.4) is 0 Å². The van der Waals surface area contributed by atoms with Crippen LogP contribution in [-0.2, 0) is 19.2 Å².